The Morgan fingerprint density at radius 3 is 2.85 bits per heavy atom. The van der Waals surface area contributed by atoms with Gasteiger partial charge >= 0.3 is 5.97 Å². The monoisotopic (exact) mass is 297 g/mol. The minimum atomic E-state index is -3.36. The Morgan fingerprint density at radius 1 is 1.45 bits per heavy atom. The van der Waals surface area contributed by atoms with Crippen molar-refractivity contribution in [2.75, 3.05) is 17.1 Å². The number of fused-ring (bicyclic) bond motifs is 1. The molecule has 2 rings (SSSR count). The van der Waals surface area contributed by atoms with Crippen molar-refractivity contribution in [1.82, 2.24) is 9.61 Å². The van der Waals surface area contributed by atoms with Crippen molar-refractivity contribution >= 4 is 27.2 Å². The number of sulfonamides is 1. The van der Waals surface area contributed by atoms with Gasteiger partial charge in [0.05, 0.1) is 29.8 Å². The van der Waals surface area contributed by atoms with E-state index in [1.165, 1.54) is 10.7 Å². The average molecular weight is 297 g/mol. The summed E-state index contributed by atoms with van der Waals surface area (Å²) in [7, 11) is -3.36. The zero-order valence-electron chi connectivity index (χ0n) is 11.2. The minimum absolute atomic E-state index is 0.0256. The molecule has 0 radical (unpaired) electrons. The summed E-state index contributed by atoms with van der Waals surface area (Å²) in [6.07, 6.45) is 2.97. The lowest BCUT2D eigenvalue weighted by Gasteiger charge is -2.06. The van der Waals surface area contributed by atoms with Gasteiger partial charge in [0, 0.05) is 6.20 Å². The van der Waals surface area contributed by atoms with Crippen LogP contribution in [0.2, 0.25) is 0 Å². The van der Waals surface area contributed by atoms with Crippen molar-refractivity contribution in [2.24, 2.45) is 0 Å². The van der Waals surface area contributed by atoms with E-state index in [9.17, 15) is 13.2 Å². The predicted octanol–water partition coefficient (Wildman–Crippen LogP) is 1.27. The van der Waals surface area contributed by atoms with Gasteiger partial charge in [0.15, 0.2) is 0 Å². The maximum atomic E-state index is 11.8. The molecule has 0 aromatic carbocycles. The van der Waals surface area contributed by atoms with Gasteiger partial charge in [-0.25, -0.2) is 17.7 Å². The summed E-state index contributed by atoms with van der Waals surface area (Å²) >= 11 is 0. The van der Waals surface area contributed by atoms with E-state index in [1.54, 1.807) is 32.2 Å². The van der Waals surface area contributed by atoms with Gasteiger partial charge in [0.1, 0.15) is 5.56 Å². The Balaban J connectivity index is 2.42. The number of hydrogen-bond donors (Lipinski definition) is 1. The van der Waals surface area contributed by atoms with Crippen molar-refractivity contribution < 1.29 is 17.9 Å². The first kappa shape index (κ1) is 14.3. The highest BCUT2D eigenvalue weighted by atomic mass is 32.2. The molecule has 2 aromatic rings. The van der Waals surface area contributed by atoms with Crippen molar-refractivity contribution in [3.8, 4) is 0 Å². The highest BCUT2D eigenvalue weighted by Crippen LogP contribution is 2.18. The summed E-state index contributed by atoms with van der Waals surface area (Å²) in [6.45, 7) is 3.52. The quantitative estimate of drug-likeness (QED) is 0.839. The zero-order chi connectivity index (χ0) is 14.8. The van der Waals surface area contributed by atoms with E-state index in [-0.39, 0.29) is 12.4 Å². The van der Waals surface area contributed by atoms with Crippen LogP contribution >= 0.6 is 0 Å². The number of hydrogen-bond acceptors (Lipinski definition) is 5. The van der Waals surface area contributed by atoms with Gasteiger partial charge in [-0.1, -0.05) is 0 Å². The minimum Gasteiger partial charge on any atom is -0.462 e. The highest BCUT2D eigenvalue weighted by Gasteiger charge is 2.15. The molecule has 2 heterocycles. The number of ether oxygens (including phenoxy) is 1. The average Bonchev–Trinajstić information content (AvgIpc) is 2.81. The number of nitrogens with zero attached hydrogens (tertiary/aromatic N) is 2. The Bertz CT molecular complexity index is 736. The lowest BCUT2D eigenvalue weighted by Crippen LogP contribution is -2.14. The first-order valence-corrected chi connectivity index (χ1v) is 7.77. The number of pyridine rings is 1. The summed E-state index contributed by atoms with van der Waals surface area (Å²) in [5.41, 5.74) is 1.16. The fourth-order valence-corrected chi connectivity index (χ4v) is 2.29. The van der Waals surface area contributed by atoms with Crippen LogP contribution in [0.1, 0.15) is 24.2 Å². The lowest BCUT2D eigenvalue weighted by atomic mass is 10.2. The molecule has 1 N–H and O–H groups in total. The first-order valence-electron chi connectivity index (χ1n) is 6.12. The first-order chi connectivity index (χ1) is 9.46. The third-order valence-electron chi connectivity index (χ3n) is 2.67. The van der Waals surface area contributed by atoms with Crippen molar-refractivity contribution in [3.63, 3.8) is 0 Å². The number of carbonyl (C=O) groups is 1. The molecule has 0 saturated heterocycles. The third-order valence-corrected chi connectivity index (χ3v) is 3.98. The number of nitrogens with one attached hydrogen (secondary N) is 1. The van der Waals surface area contributed by atoms with Crippen LogP contribution in [0.3, 0.4) is 0 Å². The molecule has 0 saturated carbocycles. The summed E-state index contributed by atoms with van der Waals surface area (Å²) < 4.78 is 31.9. The molecule has 0 spiro atoms. The van der Waals surface area contributed by atoms with Gasteiger partial charge in [0.25, 0.3) is 0 Å². The molecular weight excluding hydrogens is 282 g/mol. The van der Waals surface area contributed by atoms with E-state index >= 15 is 0 Å². The summed E-state index contributed by atoms with van der Waals surface area (Å²) in [5, 5.41) is 4.02. The molecule has 8 heteroatoms. The van der Waals surface area contributed by atoms with E-state index in [1.807, 2.05) is 0 Å². The van der Waals surface area contributed by atoms with Crippen LogP contribution in [0, 0.1) is 0 Å². The maximum Gasteiger partial charge on any atom is 0.341 e. The number of carbonyl (C=O) groups excluding carboxylic acids is 1. The van der Waals surface area contributed by atoms with Crippen LogP contribution in [-0.4, -0.2) is 36.4 Å². The van der Waals surface area contributed by atoms with Gasteiger partial charge in [-0.05, 0) is 26.0 Å². The van der Waals surface area contributed by atoms with Gasteiger partial charge in [-0.3, -0.25) is 4.72 Å². The van der Waals surface area contributed by atoms with E-state index in [0.717, 1.165) is 0 Å². The maximum absolute atomic E-state index is 11.8. The topological polar surface area (TPSA) is 89.8 Å². The second kappa shape index (κ2) is 5.49. The highest BCUT2D eigenvalue weighted by molar-refractivity contribution is 7.92. The molecule has 0 aliphatic rings. The largest absolute Gasteiger partial charge is 0.462 e. The predicted molar refractivity (Wildman–Crippen MR) is 74.2 cm³/mol. The Kier molecular flexibility index (Phi) is 3.93. The number of esters is 1. The molecule has 0 aliphatic heterocycles. The molecule has 0 fully saturated rings. The Morgan fingerprint density at radius 2 is 2.20 bits per heavy atom. The van der Waals surface area contributed by atoms with E-state index in [0.29, 0.717) is 16.8 Å². The van der Waals surface area contributed by atoms with Gasteiger partial charge < -0.3 is 4.74 Å². The lowest BCUT2D eigenvalue weighted by molar-refractivity contribution is 0.0528. The fraction of sp³-hybridized carbons (Fsp3) is 0.333. The van der Waals surface area contributed by atoms with E-state index < -0.39 is 16.0 Å². The summed E-state index contributed by atoms with van der Waals surface area (Å²) in [4.78, 5) is 11.8. The van der Waals surface area contributed by atoms with Gasteiger partial charge in [-0.2, -0.15) is 5.10 Å². The normalized spacial score (nSPS) is 11.5. The number of anilines is 1. The molecule has 0 aliphatic carbocycles. The molecular formula is C12H15N3O4S. The molecule has 0 unspecified atom stereocenters. The van der Waals surface area contributed by atoms with Crippen LogP contribution in [0.15, 0.2) is 24.5 Å². The third kappa shape index (κ3) is 2.90. The van der Waals surface area contributed by atoms with Crippen LogP contribution in [0.4, 0.5) is 5.69 Å². The second-order valence-electron chi connectivity index (χ2n) is 4.03. The van der Waals surface area contributed by atoms with Gasteiger partial charge in [0.2, 0.25) is 10.0 Å². The fourth-order valence-electron chi connectivity index (χ4n) is 1.66. The van der Waals surface area contributed by atoms with Crippen LogP contribution in [0.25, 0.3) is 5.52 Å². The van der Waals surface area contributed by atoms with Crippen LogP contribution < -0.4 is 4.72 Å². The molecule has 0 atom stereocenters. The molecule has 7 nitrogen and oxygen atoms in total. The van der Waals surface area contributed by atoms with E-state index in [2.05, 4.69) is 9.82 Å². The Hall–Kier alpha value is -2.09. The molecule has 0 amide bonds. The van der Waals surface area contributed by atoms with Crippen molar-refractivity contribution in [2.45, 2.75) is 13.8 Å². The van der Waals surface area contributed by atoms with E-state index in [4.69, 9.17) is 4.74 Å². The van der Waals surface area contributed by atoms with Gasteiger partial charge in [-0.15, -0.1) is 0 Å². The van der Waals surface area contributed by atoms with Crippen molar-refractivity contribution in [3.05, 3.63) is 30.1 Å². The summed E-state index contributed by atoms with van der Waals surface area (Å²) in [6, 6.07) is 3.12. The van der Waals surface area contributed by atoms with Crippen LogP contribution in [-0.2, 0) is 14.8 Å². The summed E-state index contributed by atoms with van der Waals surface area (Å²) in [5.74, 6) is -0.514. The second-order valence-corrected chi connectivity index (χ2v) is 6.04. The molecule has 108 valence electrons. The SMILES string of the molecule is CCOC(=O)c1cnn2ccc(NS(=O)(=O)CC)cc12. The molecule has 0 bridgehead atoms. The van der Waals surface area contributed by atoms with Crippen molar-refractivity contribution in [1.29, 1.82) is 0 Å². The Labute approximate surface area is 116 Å². The number of aromatic nitrogens is 2. The smallest absolute Gasteiger partial charge is 0.341 e. The standard InChI is InChI=1S/C12H15N3O4S/c1-3-19-12(16)10-8-13-15-6-5-9(7-11(10)15)14-20(17,18)4-2/h5-8,14H,3-4H2,1-2H3. The van der Waals surface area contributed by atoms with Crippen LogP contribution in [0.5, 0.6) is 0 Å². The molecule has 2 aromatic heterocycles. The zero-order valence-corrected chi connectivity index (χ0v) is 12.0. The number of rotatable bonds is 5. The molecule has 20 heavy (non-hydrogen) atoms.